The van der Waals surface area contributed by atoms with Gasteiger partial charge in [0, 0.05) is 25.3 Å². The number of hydrogen-bond donors (Lipinski definition) is 4. The third kappa shape index (κ3) is 5.51. The minimum absolute atomic E-state index is 0.142. The number of aromatic nitrogens is 1. The Balaban J connectivity index is 1.62. The molecule has 2 amide bonds. The summed E-state index contributed by atoms with van der Waals surface area (Å²) in [5.74, 6) is 0.537. The van der Waals surface area contributed by atoms with Gasteiger partial charge >= 0.3 is 6.03 Å². The molecule has 22 heavy (non-hydrogen) atoms. The Kier molecular flexibility index (Phi) is 6.54. The number of aliphatic hydroxyl groups excluding tert-OH is 1. The standard InChI is InChI=1S/C14H20Cl2N4O2/c15-9-7-12(16)13(19-8-9)17-5-6-18-14(22)20-10-1-3-11(21)4-2-10/h7-8,10-11,21H,1-6H2,(H,17,19)(H2,18,20,22). The zero-order valence-corrected chi connectivity index (χ0v) is 13.6. The van der Waals surface area contributed by atoms with Gasteiger partial charge in [0.15, 0.2) is 0 Å². The number of urea groups is 1. The quantitative estimate of drug-likeness (QED) is 0.616. The molecule has 1 heterocycles. The van der Waals surface area contributed by atoms with Crippen molar-refractivity contribution < 1.29 is 9.90 Å². The van der Waals surface area contributed by atoms with Crippen LogP contribution in [0, 0.1) is 0 Å². The molecule has 0 bridgehead atoms. The van der Waals surface area contributed by atoms with Crippen molar-refractivity contribution in [2.24, 2.45) is 0 Å². The van der Waals surface area contributed by atoms with Gasteiger partial charge < -0.3 is 21.1 Å². The molecule has 1 fully saturated rings. The van der Waals surface area contributed by atoms with Crippen LogP contribution < -0.4 is 16.0 Å². The Morgan fingerprint density at radius 1 is 1.27 bits per heavy atom. The molecule has 0 saturated heterocycles. The van der Waals surface area contributed by atoms with Gasteiger partial charge in [0.2, 0.25) is 0 Å². The van der Waals surface area contributed by atoms with Crippen molar-refractivity contribution in [1.82, 2.24) is 15.6 Å². The summed E-state index contributed by atoms with van der Waals surface area (Å²) < 4.78 is 0. The first-order valence-corrected chi connectivity index (χ1v) is 8.07. The Labute approximate surface area is 139 Å². The number of anilines is 1. The molecule has 0 atom stereocenters. The lowest BCUT2D eigenvalue weighted by molar-refractivity contribution is 0.117. The predicted octanol–water partition coefficient (Wildman–Crippen LogP) is 2.40. The van der Waals surface area contributed by atoms with Crippen molar-refractivity contribution in [2.45, 2.75) is 37.8 Å². The number of nitrogens with one attached hydrogen (secondary N) is 3. The summed E-state index contributed by atoms with van der Waals surface area (Å²) in [7, 11) is 0. The topological polar surface area (TPSA) is 86.3 Å². The lowest BCUT2D eigenvalue weighted by atomic mass is 9.93. The smallest absolute Gasteiger partial charge is 0.315 e. The van der Waals surface area contributed by atoms with Gasteiger partial charge in [-0.2, -0.15) is 0 Å². The van der Waals surface area contributed by atoms with Crippen LogP contribution in [0.1, 0.15) is 25.7 Å². The molecule has 1 aromatic rings. The molecule has 122 valence electrons. The summed E-state index contributed by atoms with van der Waals surface area (Å²) in [6.07, 6.45) is 4.41. The second-order valence-electron chi connectivity index (χ2n) is 5.32. The van der Waals surface area contributed by atoms with Crippen LogP contribution >= 0.6 is 23.2 Å². The zero-order chi connectivity index (χ0) is 15.9. The predicted molar refractivity (Wildman–Crippen MR) is 87.5 cm³/mol. The van der Waals surface area contributed by atoms with E-state index in [1.54, 1.807) is 6.07 Å². The van der Waals surface area contributed by atoms with Crippen LogP contribution in [-0.4, -0.2) is 41.4 Å². The minimum Gasteiger partial charge on any atom is -0.393 e. The lowest BCUT2D eigenvalue weighted by Crippen LogP contribution is -2.45. The van der Waals surface area contributed by atoms with Crippen LogP contribution in [0.15, 0.2) is 12.3 Å². The highest BCUT2D eigenvalue weighted by molar-refractivity contribution is 6.35. The van der Waals surface area contributed by atoms with Gasteiger partial charge in [0.25, 0.3) is 0 Å². The van der Waals surface area contributed by atoms with Crippen molar-refractivity contribution in [2.75, 3.05) is 18.4 Å². The van der Waals surface area contributed by atoms with E-state index in [-0.39, 0.29) is 18.2 Å². The molecule has 0 aromatic carbocycles. The maximum atomic E-state index is 11.7. The molecule has 2 rings (SSSR count). The number of halogens is 2. The fraction of sp³-hybridized carbons (Fsp3) is 0.571. The average Bonchev–Trinajstić information content (AvgIpc) is 2.48. The molecule has 1 aliphatic rings. The summed E-state index contributed by atoms with van der Waals surface area (Å²) in [5.41, 5.74) is 0. The highest BCUT2D eigenvalue weighted by atomic mass is 35.5. The third-order valence-corrected chi connectivity index (χ3v) is 4.04. The Morgan fingerprint density at radius 3 is 2.68 bits per heavy atom. The average molecular weight is 347 g/mol. The van der Waals surface area contributed by atoms with E-state index in [1.807, 2.05) is 0 Å². The van der Waals surface area contributed by atoms with E-state index in [4.69, 9.17) is 23.2 Å². The fourth-order valence-electron chi connectivity index (χ4n) is 2.36. The van der Waals surface area contributed by atoms with E-state index < -0.39 is 0 Å². The number of carbonyl (C=O) groups excluding carboxylic acids is 1. The van der Waals surface area contributed by atoms with Gasteiger partial charge in [0.05, 0.1) is 16.1 Å². The summed E-state index contributed by atoms with van der Waals surface area (Å²) in [6.45, 7) is 0.951. The first-order valence-electron chi connectivity index (χ1n) is 7.32. The SMILES string of the molecule is O=C(NCCNc1ncc(Cl)cc1Cl)NC1CCC(O)CC1. The molecule has 1 saturated carbocycles. The number of carbonyl (C=O) groups is 1. The molecular weight excluding hydrogens is 327 g/mol. The van der Waals surface area contributed by atoms with Crippen molar-refractivity contribution >= 4 is 35.1 Å². The van der Waals surface area contributed by atoms with E-state index in [2.05, 4.69) is 20.9 Å². The van der Waals surface area contributed by atoms with Gasteiger partial charge in [0.1, 0.15) is 5.82 Å². The van der Waals surface area contributed by atoms with Crippen LogP contribution in [0.25, 0.3) is 0 Å². The monoisotopic (exact) mass is 346 g/mol. The van der Waals surface area contributed by atoms with E-state index >= 15 is 0 Å². The largest absolute Gasteiger partial charge is 0.393 e. The first kappa shape index (κ1) is 17.1. The molecule has 0 radical (unpaired) electrons. The van der Waals surface area contributed by atoms with E-state index in [9.17, 15) is 9.90 Å². The Bertz CT molecular complexity index is 508. The molecule has 0 unspecified atom stereocenters. The van der Waals surface area contributed by atoms with Gasteiger partial charge in [-0.3, -0.25) is 0 Å². The van der Waals surface area contributed by atoms with Gasteiger partial charge in [-0.25, -0.2) is 9.78 Å². The molecule has 6 nitrogen and oxygen atoms in total. The normalized spacial score (nSPS) is 21.2. The summed E-state index contributed by atoms with van der Waals surface area (Å²) >= 11 is 11.7. The summed E-state index contributed by atoms with van der Waals surface area (Å²) in [6, 6.07) is 1.55. The molecule has 4 N–H and O–H groups in total. The van der Waals surface area contributed by atoms with Crippen molar-refractivity contribution in [3.63, 3.8) is 0 Å². The molecule has 0 aliphatic heterocycles. The second-order valence-corrected chi connectivity index (χ2v) is 6.16. The van der Waals surface area contributed by atoms with Gasteiger partial charge in [-0.05, 0) is 31.7 Å². The van der Waals surface area contributed by atoms with Crippen LogP contribution in [0.3, 0.4) is 0 Å². The maximum absolute atomic E-state index is 11.7. The van der Waals surface area contributed by atoms with Crippen molar-refractivity contribution in [3.8, 4) is 0 Å². The lowest BCUT2D eigenvalue weighted by Gasteiger charge is -2.26. The minimum atomic E-state index is -0.220. The summed E-state index contributed by atoms with van der Waals surface area (Å²) in [4.78, 5) is 15.8. The number of aliphatic hydroxyl groups is 1. The van der Waals surface area contributed by atoms with Crippen LogP contribution in [0.4, 0.5) is 10.6 Å². The number of nitrogens with zero attached hydrogens (tertiary/aromatic N) is 1. The van der Waals surface area contributed by atoms with Crippen molar-refractivity contribution in [1.29, 1.82) is 0 Å². The highest BCUT2D eigenvalue weighted by Gasteiger charge is 2.20. The molecule has 1 aromatic heterocycles. The number of hydrogen-bond acceptors (Lipinski definition) is 4. The van der Waals surface area contributed by atoms with E-state index in [0.717, 1.165) is 25.7 Å². The van der Waals surface area contributed by atoms with Crippen molar-refractivity contribution in [3.05, 3.63) is 22.3 Å². The third-order valence-electron chi connectivity index (χ3n) is 3.54. The van der Waals surface area contributed by atoms with E-state index in [1.165, 1.54) is 6.20 Å². The highest BCUT2D eigenvalue weighted by Crippen LogP contribution is 2.22. The molecule has 0 spiro atoms. The number of amides is 2. The fourth-order valence-corrected chi connectivity index (χ4v) is 2.81. The van der Waals surface area contributed by atoms with Crippen LogP contribution in [0.2, 0.25) is 10.0 Å². The van der Waals surface area contributed by atoms with Gasteiger partial charge in [-0.1, -0.05) is 23.2 Å². The van der Waals surface area contributed by atoms with Crippen LogP contribution in [0.5, 0.6) is 0 Å². The van der Waals surface area contributed by atoms with E-state index in [0.29, 0.717) is 29.0 Å². The number of rotatable bonds is 5. The zero-order valence-electron chi connectivity index (χ0n) is 12.1. The molecule has 1 aliphatic carbocycles. The molecule has 8 heteroatoms. The van der Waals surface area contributed by atoms with Gasteiger partial charge in [-0.15, -0.1) is 0 Å². The first-order chi connectivity index (χ1) is 10.5. The Morgan fingerprint density at radius 2 is 2.00 bits per heavy atom. The molecular formula is C14H20Cl2N4O2. The summed E-state index contributed by atoms with van der Waals surface area (Å²) in [5, 5.41) is 19.0. The maximum Gasteiger partial charge on any atom is 0.315 e. The second kappa shape index (κ2) is 8.41. The van der Waals surface area contributed by atoms with Crippen LogP contribution in [-0.2, 0) is 0 Å². The Hall–Kier alpha value is -1.24. The number of pyridine rings is 1.